The molecule has 2 aromatic carbocycles. The van der Waals surface area contributed by atoms with Gasteiger partial charge in [0.15, 0.2) is 5.69 Å². The van der Waals surface area contributed by atoms with Crippen molar-refractivity contribution in [3.8, 4) is 5.75 Å². The van der Waals surface area contributed by atoms with E-state index < -0.39 is 23.3 Å². The maximum Gasteiger partial charge on any atom is 0.321 e. The first-order valence-corrected chi connectivity index (χ1v) is 8.10. The van der Waals surface area contributed by atoms with Gasteiger partial charge in [-0.2, -0.15) is 5.23 Å². The molecule has 3 atom stereocenters. The number of H-pyrrole nitrogens is 1. The van der Waals surface area contributed by atoms with E-state index >= 15 is 0 Å². The number of phenolic OH excluding ortho intramolecular Hbond substituents is 1. The summed E-state index contributed by atoms with van der Waals surface area (Å²) in [6.45, 7) is 0. The van der Waals surface area contributed by atoms with Crippen molar-refractivity contribution < 1.29 is 25.4 Å². The molecule has 8 heteroatoms. The summed E-state index contributed by atoms with van der Waals surface area (Å²) in [6.07, 6.45) is 0.296. The fourth-order valence-electron chi connectivity index (χ4n) is 3.56. The molecule has 1 aliphatic rings. The minimum Gasteiger partial charge on any atom is -0.595 e. The summed E-state index contributed by atoms with van der Waals surface area (Å²) in [5.41, 5.74) is 2.81. The third-order valence-electron chi connectivity index (χ3n) is 4.79. The van der Waals surface area contributed by atoms with Crippen molar-refractivity contribution in [3.63, 3.8) is 0 Å². The molecule has 0 bridgehead atoms. The maximum absolute atomic E-state index is 11.6. The Morgan fingerprint density at radius 2 is 2.00 bits per heavy atom. The molecule has 0 amide bonds. The van der Waals surface area contributed by atoms with Gasteiger partial charge in [-0.3, -0.25) is 10.1 Å². The number of aromatic amines is 1. The zero-order valence-electron chi connectivity index (χ0n) is 13.6. The van der Waals surface area contributed by atoms with E-state index in [1.807, 2.05) is 24.3 Å². The van der Waals surface area contributed by atoms with Crippen LogP contribution in [0.4, 0.5) is 5.69 Å². The van der Waals surface area contributed by atoms with E-state index in [-0.39, 0.29) is 11.4 Å². The Kier molecular flexibility index (Phi) is 3.89. The number of carboxylic acids is 1. The third-order valence-corrected chi connectivity index (χ3v) is 4.79. The second kappa shape index (κ2) is 6.11. The zero-order chi connectivity index (χ0) is 18.4. The van der Waals surface area contributed by atoms with E-state index in [1.165, 1.54) is 18.2 Å². The lowest BCUT2D eigenvalue weighted by atomic mass is 9.90. The number of carbonyl (C=O) groups is 1. The number of aromatic nitrogens is 1. The van der Waals surface area contributed by atoms with Gasteiger partial charge in [0.25, 0.3) is 0 Å². The van der Waals surface area contributed by atoms with Crippen molar-refractivity contribution in [3.05, 3.63) is 64.5 Å². The molecule has 0 saturated carbocycles. The van der Waals surface area contributed by atoms with E-state index in [9.17, 15) is 25.4 Å². The number of nitrogens with one attached hydrogen (secondary N) is 3. The first-order valence-electron chi connectivity index (χ1n) is 8.10. The molecule has 3 unspecified atom stereocenters. The normalized spacial score (nSPS) is 20.7. The first-order chi connectivity index (χ1) is 12.5. The number of para-hydroxylation sites is 1. The van der Waals surface area contributed by atoms with Crippen molar-refractivity contribution in [1.29, 1.82) is 0 Å². The van der Waals surface area contributed by atoms with Crippen LogP contribution >= 0.6 is 0 Å². The lowest BCUT2D eigenvalue weighted by Gasteiger charge is -2.30. The number of benzene rings is 2. The Bertz CT molecular complexity index is 998. The Labute approximate surface area is 147 Å². The molecule has 0 fully saturated rings. The van der Waals surface area contributed by atoms with Gasteiger partial charge in [0.1, 0.15) is 11.8 Å². The van der Waals surface area contributed by atoms with E-state index in [0.29, 0.717) is 12.0 Å². The molecule has 8 nitrogen and oxygen atoms in total. The molecule has 134 valence electrons. The number of hydrogen-bond acceptors (Lipinski definition) is 5. The van der Waals surface area contributed by atoms with E-state index in [1.54, 1.807) is 0 Å². The zero-order valence-corrected chi connectivity index (χ0v) is 13.6. The van der Waals surface area contributed by atoms with Gasteiger partial charge >= 0.3 is 5.97 Å². The van der Waals surface area contributed by atoms with Crippen LogP contribution in [0.15, 0.2) is 42.5 Å². The smallest absolute Gasteiger partial charge is 0.321 e. The van der Waals surface area contributed by atoms with Gasteiger partial charge in [0.05, 0.1) is 6.04 Å². The lowest BCUT2D eigenvalue weighted by molar-refractivity contribution is -0.991. The number of aromatic hydroxyl groups is 1. The SMILES string of the molecule is O=C(O)C1Cc2c([nH]c3ccccc23)C(c2cc([NH+]([O-])O)ccc2O)N1. The molecule has 6 N–H and O–H groups in total. The average Bonchev–Trinajstić information content (AvgIpc) is 3.00. The summed E-state index contributed by atoms with van der Waals surface area (Å²) in [5, 5.41) is 43.2. The van der Waals surface area contributed by atoms with Gasteiger partial charge in [-0.15, -0.1) is 0 Å². The van der Waals surface area contributed by atoms with Crippen molar-refractivity contribution in [2.24, 2.45) is 0 Å². The molecule has 1 aromatic heterocycles. The standard InChI is InChI=1S/C18H17N3O5/c22-15-6-5-9(21(25)26)7-12(15)17-16-11(8-14(20-17)18(23)24)10-3-1-2-4-13(10)19-16/h1-7,14,17,19-22,25H,8H2,(H,23,24). The predicted molar refractivity (Wildman–Crippen MR) is 92.3 cm³/mol. The Hall–Kier alpha value is -2.91. The van der Waals surface area contributed by atoms with E-state index in [2.05, 4.69) is 10.3 Å². The summed E-state index contributed by atoms with van der Waals surface area (Å²) in [4.78, 5) is 14.9. The van der Waals surface area contributed by atoms with Crippen LogP contribution < -0.4 is 10.5 Å². The highest BCUT2D eigenvalue weighted by atomic mass is 16.8. The van der Waals surface area contributed by atoms with Crippen LogP contribution in [0.2, 0.25) is 0 Å². The minimum absolute atomic E-state index is 0.0229. The number of quaternary nitrogens is 1. The first kappa shape index (κ1) is 16.6. The van der Waals surface area contributed by atoms with Crippen LogP contribution in [0.1, 0.15) is 22.9 Å². The van der Waals surface area contributed by atoms with Crippen LogP contribution in [-0.4, -0.2) is 32.4 Å². The van der Waals surface area contributed by atoms with Gasteiger partial charge < -0.3 is 20.4 Å². The number of rotatable bonds is 3. The van der Waals surface area contributed by atoms with Gasteiger partial charge in [-0.25, -0.2) is 5.21 Å². The quantitative estimate of drug-likeness (QED) is 0.306. The Morgan fingerprint density at radius 3 is 2.73 bits per heavy atom. The highest BCUT2D eigenvalue weighted by Crippen LogP contribution is 2.38. The molecule has 4 rings (SSSR count). The molecular formula is C18H17N3O5. The number of carboxylic acid groups (broad SMARTS) is 1. The van der Waals surface area contributed by atoms with Crippen molar-refractivity contribution in [2.45, 2.75) is 18.5 Å². The Balaban J connectivity index is 1.92. The molecule has 0 aliphatic carbocycles. The molecule has 3 aromatic rings. The molecular weight excluding hydrogens is 338 g/mol. The minimum atomic E-state index is -1.12. The van der Waals surface area contributed by atoms with Crippen molar-refractivity contribution in [2.75, 3.05) is 0 Å². The van der Waals surface area contributed by atoms with Crippen LogP contribution in [0, 0.1) is 5.21 Å². The van der Waals surface area contributed by atoms with Gasteiger partial charge in [0.2, 0.25) is 0 Å². The summed E-state index contributed by atoms with van der Waals surface area (Å²) < 4.78 is 0. The largest absolute Gasteiger partial charge is 0.595 e. The number of phenols is 1. The second-order valence-electron chi connectivity index (χ2n) is 6.34. The predicted octanol–water partition coefficient (Wildman–Crippen LogP) is 0.965. The maximum atomic E-state index is 11.6. The molecule has 1 aliphatic heterocycles. The van der Waals surface area contributed by atoms with Gasteiger partial charge in [-0.1, -0.05) is 18.2 Å². The highest BCUT2D eigenvalue weighted by molar-refractivity contribution is 5.87. The number of aliphatic carboxylic acids is 1. The Morgan fingerprint density at radius 1 is 1.23 bits per heavy atom. The topological polar surface area (TPSA) is 133 Å². The number of hydrogen-bond donors (Lipinski definition) is 6. The highest BCUT2D eigenvalue weighted by Gasteiger charge is 2.35. The molecule has 0 radical (unpaired) electrons. The van der Waals surface area contributed by atoms with Crippen molar-refractivity contribution >= 4 is 22.6 Å². The van der Waals surface area contributed by atoms with Crippen LogP contribution in [0.5, 0.6) is 5.75 Å². The van der Waals surface area contributed by atoms with Crippen LogP contribution in [-0.2, 0) is 11.2 Å². The summed E-state index contributed by atoms with van der Waals surface area (Å²) >= 11 is 0. The summed E-state index contributed by atoms with van der Waals surface area (Å²) in [5.74, 6) is -1.09. The lowest BCUT2D eigenvalue weighted by Crippen LogP contribution is -2.99. The average molecular weight is 355 g/mol. The molecule has 26 heavy (non-hydrogen) atoms. The summed E-state index contributed by atoms with van der Waals surface area (Å²) in [7, 11) is 0. The van der Waals surface area contributed by atoms with E-state index in [0.717, 1.165) is 22.2 Å². The van der Waals surface area contributed by atoms with Crippen LogP contribution in [0.25, 0.3) is 10.9 Å². The van der Waals surface area contributed by atoms with Gasteiger partial charge in [0, 0.05) is 40.7 Å². The second-order valence-corrected chi connectivity index (χ2v) is 6.34. The monoisotopic (exact) mass is 355 g/mol. The van der Waals surface area contributed by atoms with Gasteiger partial charge in [-0.05, 0) is 17.7 Å². The van der Waals surface area contributed by atoms with E-state index in [4.69, 9.17) is 0 Å². The fraction of sp³-hybridized carbons (Fsp3) is 0.167. The molecule has 0 saturated heterocycles. The summed E-state index contributed by atoms with van der Waals surface area (Å²) in [6, 6.07) is 10.1. The third kappa shape index (κ3) is 2.61. The van der Waals surface area contributed by atoms with Crippen molar-refractivity contribution in [1.82, 2.24) is 10.3 Å². The molecule has 0 spiro atoms. The number of fused-ring (bicyclic) bond motifs is 3. The fourth-order valence-corrected chi connectivity index (χ4v) is 3.56. The van der Waals surface area contributed by atoms with Crippen LogP contribution in [0.3, 0.4) is 0 Å². The molecule has 2 heterocycles.